The fraction of sp³-hybridized carbons (Fsp3) is 0.636. The molecule has 0 spiro atoms. The highest BCUT2D eigenvalue weighted by Crippen LogP contribution is 2.28. The molecule has 0 saturated heterocycles. The minimum absolute atomic E-state index is 0.669. The zero-order chi connectivity index (χ0) is 10.8. The maximum Gasteiger partial charge on any atom is 0.183 e. The molecular weight excluding hydrogens is 322 g/mol. The monoisotopic (exact) mass is 335 g/mol. The number of halogens is 2. The van der Waals surface area contributed by atoms with Gasteiger partial charge in [0.05, 0.1) is 11.0 Å². The maximum absolute atomic E-state index is 5.51. The number of nitrogens with one attached hydrogen (secondary N) is 1. The van der Waals surface area contributed by atoms with Crippen molar-refractivity contribution in [3.8, 4) is 0 Å². The van der Waals surface area contributed by atoms with Crippen LogP contribution in [0.2, 0.25) is 0 Å². The standard InChI is InChI=1S/C11H15Br2NO/c1-7-2-3-8(4-7)14-6-9-5-10(12)11(13)15-9/h5,7-8,14H,2-4,6H2,1H3. The Bertz CT molecular complexity index is 318. The highest BCUT2D eigenvalue weighted by Gasteiger charge is 2.20. The van der Waals surface area contributed by atoms with Crippen molar-refractivity contribution < 1.29 is 4.42 Å². The van der Waals surface area contributed by atoms with E-state index in [-0.39, 0.29) is 0 Å². The first-order valence-corrected chi connectivity index (χ1v) is 6.91. The van der Waals surface area contributed by atoms with E-state index in [4.69, 9.17) is 4.42 Å². The van der Waals surface area contributed by atoms with Crippen molar-refractivity contribution in [2.24, 2.45) is 5.92 Å². The van der Waals surface area contributed by atoms with Crippen molar-refractivity contribution in [1.29, 1.82) is 0 Å². The SMILES string of the molecule is CC1CCC(NCc2cc(Br)c(Br)o2)C1. The second-order valence-corrected chi connectivity index (χ2v) is 5.90. The molecule has 1 fully saturated rings. The lowest BCUT2D eigenvalue weighted by molar-refractivity contribution is 0.429. The average molecular weight is 337 g/mol. The lowest BCUT2D eigenvalue weighted by Gasteiger charge is -2.10. The van der Waals surface area contributed by atoms with Gasteiger partial charge in [0.1, 0.15) is 5.76 Å². The van der Waals surface area contributed by atoms with Gasteiger partial charge in [0.15, 0.2) is 4.67 Å². The Hall–Kier alpha value is 0.200. The van der Waals surface area contributed by atoms with Crippen LogP contribution in [0.15, 0.2) is 19.6 Å². The number of rotatable bonds is 3. The molecule has 84 valence electrons. The summed E-state index contributed by atoms with van der Waals surface area (Å²) in [6.07, 6.45) is 3.94. The molecular formula is C11H15Br2NO. The summed E-state index contributed by atoms with van der Waals surface area (Å²) in [5.41, 5.74) is 0. The molecule has 4 heteroatoms. The molecule has 1 heterocycles. The third-order valence-corrected chi connectivity index (χ3v) is 4.67. The van der Waals surface area contributed by atoms with Crippen molar-refractivity contribution >= 4 is 31.9 Å². The van der Waals surface area contributed by atoms with Gasteiger partial charge in [-0.05, 0) is 63.1 Å². The second kappa shape index (κ2) is 5.02. The molecule has 2 unspecified atom stereocenters. The maximum atomic E-state index is 5.51. The summed E-state index contributed by atoms with van der Waals surface area (Å²) < 4.78 is 7.27. The molecule has 1 saturated carbocycles. The molecule has 2 rings (SSSR count). The van der Waals surface area contributed by atoms with Crippen LogP contribution < -0.4 is 5.32 Å². The highest BCUT2D eigenvalue weighted by atomic mass is 79.9. The van der Waals surface area contributed by atoms with Crippen LogP contribution in [0.4, 0.5) is 0 Å². The molecule has 0 amide bonds. The third kappa shape index (κ3) is 3.08. The van der Waals surface area contributed by atoms with Crippen LogP contribution in [0, 0.1) is 5.92 Å². The Labute approximate surface area is 107 Å². The number of hydrogen-bond acceptors (Lipinski definition) is 2. The first-order valence-electron chi connectivity index (χ1n) is 5.32. The molecule has 0 aromatic carbocycles. The van der Waals surface area contributed by atoms with E-state index >= 15 is 0 Å². The lowest BCUT2D eigenvalue weighted by atomic mass is 10.1. The van der Waals surface area contributed by atoms with Gasteiger partial charge in [-0.25, -0.2) is 0 Å². The third-order valence-electron chi connectivity index (χ3n) is 2.96. The summed E-state index contributed by atoms with van der Waals surface area (Å²) >= 11 is 6.75. The van der Waals surface area contributed by atoms with Crippen molar-refractivity contribution in [2.75, 3.05) is 0 Å². The normalized spacial score (nSPS) is 26.1. The van der Waals surface area contributed by atoms with E-state index in [1.807, 2.05) is 6.07 Å². The van der Waals surface area contributed by atoms with Gasteiger partial charge in [0.25, 0.3) is 0 Å². The van der Waals surface area contributed by atoms with Gasteiger partial charge >= 0.3 is 0 Å². The van der Waals surface area contributed by atoms with E-state index in [1.54, 1.807) is 0 Å². The predicted molar refractivity (Wildman–Crippen MR) is 67.8 cm³/mol. The van der Waals surface area contributed by atoms with Crippen LogP contribution in [-0.4, -0.2) is 6.04 Å². The molecule has 0 aliphatic heterocycles. The molecule has 1 aliphatic rings. The van der Waals surface area contributed by atoms with E-state index in [0.29, 0.717) is 6.04 Å². The molecule has 1 aliphatic carbocycles. The number of hydrogen-bond donors (Lipinski definition) is 1. The van der Waals surface area contributed by atoms with E-state index in [0.717, 1.165) is 27.4 Å². The Balaban J connectivity index is 1.83. The summed E-state index contributed by atoms with van der Waals surface area (Å²) in [6.45, 7) is 3.14. The summed E-state index contributed by atoms with van der Waals surface area (Å²) in [5, 5.41) is 3.53. The van der Waals surface area contributed by atoms with Gasteiger partial charge in [-0.15, -0.1) is 0 Å². The lowest BCUT2D eigenvalue weighted by Crippen LogP contribution is -2.25. The van der Waals surface area contributed by atoms with E-state index in [1.165, 1.54) is 19.3 Å². The molecule has 2 nitrogen and oxygen atoms in total. The van der Waals surface area contributed by atoms with Gasteiger partial charge in [-0.3, -0.25) is 0 Å². The first kappa shape index (κ1) is 11.7. The van der Waals surface area contributed by atoms with Gasteiger partial charge in [-0.2, -0.15) is 0 Å². The van der Waals surface area contributed by atoms with Crippen molar-refractivity contribution in [3.05, 3.63) is 21.0 Å². The van der Waals surface area contributed by atoms with Gasteiger partial charge < -0.3 is 9.73 Å². The molecule has 2 atom stereocenters. The van der Waals surface area contributed by atoms with E-state index < -0.39 is 0 Å². The van der Waals surface area contributed by atoms with Crippen molar-refractivity contribution in [1.82, 2.24) is 5.32 Å². The zero-order valence-corrected chi connectivity index (χ0v) is 11.9. The topological polar surface area (TPSA) is 25.2 Å². The van der Waals surface area contributed by atoms with Crippen molar-refractivity contribution in [3.63, 3.8) is 0 Å². The van der Waals surface area contributed by atoms with E-state index in [9.17, 15) is 0 Å². The molecule has 1 N–H and O–H groups in total. The predicted octanol–water partition coefficient (Wildman–Crippen LogP) is 4.08. The van der Waals surface area contributed by atoms with Gasteiger partial charge in [0, 0.05) is 6.04 Å². The van der Waals surface area contributed by atoms with Gasteiger partial charge in [-0.1, -0.05) is 6.92 Å². The van der Waals surface area contributed by atoms with Crippen LogP contribution in [0.5, 0.6) is 0 Å². The smallest absolute Gasteiger partial charge is 0.183 e. The Morgan fingerprint density at radius 3 is 2.80 bits per heavy atom. The Morgan fingerprint density at radius 1 is 1.47 bits per heavy atom. The summed E-state index contributed by atoms with van der Waals surface area (Å²) in [6, 6.07) is 2.68. The van der Waals surface area contributed by atoms with Crippen LogP contribution in [0.3, 0.4) is 0 Å². The van der Waals surface area contributed by atoms with Crippen LogP contribution in [0.25, 0.3) is 0 Å². The largest absolute Gasteiger partial charge is 0.452 e. The van der Waals surface area contributed by atoms with E-state index in [2.05, 4.69) is 44.1 Å². The quantitative estimate of drug-likeness (QED) is 0.899. The molecule has 0 bridgehead atoms. The molecule has 0 radical (unpaired) electrons. The fourth-order valence-corrected chi connectivity index (χ4v) is 2.77. The highest BCUT2D eigenvalue weighted by molar-refractivity contribution is 9.13. The molecule has 1 aromatic heterocycles. The minimum atomic E-state index is 0.669. The first-order chi connectivity index (χ1) is 7.15. The fourth-order valence-electron chi connectivity index (χ4n) is 2.12. The Kier molecular flexibility index (Phi) is 3.91. The number of furan rings is 1. The summed E-state index contributed by atoms with van der Waals surface area (Å²) in [7, 11) is 0. The average Bonchev–Trinajstić information content (AvgIpc) is 2.72. The summed E-state index contributed by atoms with van der Waals surface area (Å²) in [4.78, 5) is 0. The second-order valence-electron chi connectivity index (χ2n) is 4.33. The molecule has 15 heavy (non-hydrogen) atoms. The van der Waals surface area contributed by atoms with Gasteiger partial charge in [0.2, 0.25) is 0 Å². The minimum Gasteiger partial charge on any atom is -0.452 e. The van der Waals surface area contributed by atoms with Crippen molar-refractivity contribution in [2.45, 2.75) is 38.8 Å². The molecule has 1 aromatic rings. The van der Waals surface area contributed by atoms with Crippen LogP contribution >= 0.6 is 31.9 Å². The Morgan fingerprint density at radius 2 is 2.27 bits per heavy atom. The summed E-state index contributed by atoms with van der Waals surface area (Å²) in [5.74, 6) is 1.85. The zero-order valence-electron chi connectivity index (χ0n) is 8.72. The van der Waals surface area contributed by atoms with Crippen LogP contribution in [0.1, 0.15) is 31.9 Å². The van der Waals surface area contributed by atoms with Crippen LogP contribution in [-0.2, 0) is 6.54 Å².